The van der Waals surface area contributed by atoms with Crippen molar-refractivity contribution < 1.29 is 4.74 Å². The van der Waals surface area contributed by atoms with Gasteiger partial charge in [-0.2, -0.15) is 0 Å². The fourth-order valence-corrected chi connectivity index (χ4v) is 2.52. The number of hydrogen-bond donors (Lipinski definition) is 2. The van der Waals surface area contributed by atoms with Crippen molar-refractivity contribution in [3.05, 3.63) is 29.3 Å². The molecule has 0 amide bonds. The molecule has 4 N–H and O–H groups in total. The molecule has 0 bridgehead atoms. The maximum atomic E-state index is 6.33. The minimum atomic E-state index is 0.0521. The quantitative estimate of drug-likeness (QED) is 0.837. The molecule has 0 heterocycles. The fourth-order valence-electron chi connectivity index (χ4n) is 2.52. The van der Waals surface area contributed by atoms with Crippen molar-refractivity contribution in [3.63, 3.8) is 0 Å². The first kappa shape index (κ1) is 12.4. The lowest BCUT2D eigenvalue weighted by Crippen LogP contribution is -2.41. The third-order valence-electron chi connectivity index (χ3n) is 3.78. The first-order chi connectivity index (χ1) is 8.15. The van der Waals surface area contributed by atoms with E-state index >= 15 is 0 Å². The van der Waals surface area contributed by atoms with Crippen molar-refractivity contribution in [2.24, 2.45) is 17.4 Å². The van der Waals surface area contributed by atoms with Gasteiger partial charge in [-0.3, -0.25) is 0 Å². The molecular formula is C14H22N2O. The van der Waals surface area contributed by atoms with Crippen LogP contribution in [0.4, 0.5) is 0 Å². The number of hydrogen-bond acceptors (Lipinski definition) is 3. The van der Waals surface area contributed by atoms with E-state index in [0.717, 1.165) is 30.6 Å². The summed E-state index contributed by atoms with van der Waals surface area (Å²) in [6.07, 6.45) is 3.08. The average Bonchev–Trinajstić information content (AvgIpc) is 2.33. The van der Waals surface area contributed by atoms with E-state index in [4.69, 9.17) is 16.2 Å². The molecule has 3 heteroatoms. The third-order valence-corrected chi connectivity index (χ3v) is 3.78. The molecule has 0 saturated heterocycles. The van der Waals surface area contributed by atoms with E-state index in [2.05, 4.69) is 19.1 Å². The summed E-state index contributed by atoms with van der Waals surface area (Å²) in [6, 6.07) is 6.68. The number of nitrogens with two attached hydrogens (primary N) is 2. The Morgan fingerprint density at radius 1 is 1.41 bits per heavy atom. The molecule has 0 aliphatic heterocycles. The van der Waals surface area contributed by atoms with Crippen LogP contribution in [0, 0.1) is 5.92 Å². The van der Waals surface area contributed by atoms with E-state index in [-0.39, 0.29) is 6.04 Å². The molecule has 1 atom stereocenters. The van der Waals surface area contributed by atoms with E-state index in [1.165, 1.54) is 5.56 Å². The second-order valence-corrected chi connectivity index (χ2v) is 4.95. The van der Waals surface area contributed by atoms with Crippen LogP contribution in [-0.4, -0.2) is 13.2 Å². The van der Waals surface area contributed by atoms with Gasteiger partial charge in [0.2, 0.25) is 0 Å². The maximum Gasteiger partial charge on any atom is 0.123 e. The third kappa shape index (κ3) is 2.45. The fraction of sp³-hybridized carbons (Fsp3) is 0.571. The summed E-state index contributed by atoms with van der Waals surface area (Å²) in [7, 11) is 1.70. The molecule has 94 valence electrons. The Morgan fingerprint density at radius 3 is 2.65 bits per heavy atom. The predicted molar refractivity (Wildman–Crippen MR) is 70.0 cm³/mol. The van der Waals surface area contributed by atoms with Crippen LogP contribution in [0.25, 0.3) is 0 Å². The lowest BCUT2D eigenvalue weighted by molar-refractivity contribution is 0.221. The Labute approximate surface area is 103 Å². The number of ether oxygens (including phenoxy) is 1. The standard InChI is InChI=1S/C14H22N2O/c1-3-9-4-5-13(17-2)12(6-9)14(16)10-7-11(15)8-10/h4-6,10-11,14H,3,7-8,15-16H2,1-2H3. The Hall–Kier alpha value is -1.06. The van der Waals surface area contributed by atoms with Crippen molar-refractivity contribution in [1.29, 1.82) is 0 Å². The summed E-state index contributed by atoms with van der Waals surface area (Å²) in [4.78, 5) is 0. The zero-order valence-electron chi connectivity index (χ0n) is 10.6. The van der Waals surface area contributed by atoms with E-state index in [9.17, 15) is 0 Å². The summed E-state index contributed by atoms with van der Waals surface area (Å²) in [5.74, 6) is 1.40. The van der Waals surface area contributed by atoms with Crippen molar-refractivity contribution in [2.45, 2.75) is 38.3 Å². The minimum absolute atomic E-state index is 0.0521. The minimum Gasteiger partial charge on any atom is -0.496 e. The molecule has 1 saturated carbocycles. The predicted octanol–water partition coefficient (Wildman–Crippen LogP) is 1.99. The average molecular weight is 234 g/mol. The molecule has 1 aromatic carbocycles. The monoisotopic (exact) mass is 234 g/mol. The molecule has 3 nitrogen and oxygen atoms in total. The summed E-state index contributed by atoms with van der Waals surface area (Å²) in [6.45, 7) is 2.15. The van der Waals surface area contributed by atoms with E-state index in [1.807, 2.05) is 6.07 Å². The normalized spacial score (nSPS) is 25.2. The molecule has 0 aromatic heterocycles. The summed E-state index contributed by atoms with van der Waals surface area (Å²) >= 11 is 0. The lowest BCUT2D eigenvalue weighted by atomic mass is 9.74. The van der Waals surface area contributed by atoms with Gasteiger partial charge in [-0.25, -0.2) is 0 Å². The van der Waals surface area contributed by atoms with Gasteiger partial charge in [-0.15, -0.1) is 0 Å². The zero-order chi connectivity index (χ0) is 12.4. The van der Waals surface area contributed by atoms with Crippen LogP contribution in [0.15, 0.2) is 18.2 Å². The van der Waals surface area contributed by atoms with Crippen LogP contribution in [0.3, 0.4) is 0 Å². The molecule has 1 unspecified atom stereocenters. The molecular weight excluding hydrogens is 212 g/mol. The first-order valence-electron chi connectivity index (χ1n) is 6.33. The second-order valence-electron chi connectivity index (χ2n) is 4.95. The van der Waals surface area contributed by atoms with Gasteiger partial charge in [0.25, 0.3) is 0 Å². The highest BCUT2D eigenvalue weighted by Crippen LogP contribution is 2.39. The Morgan fingerprint density at radius 2 is 2.12 bits per heavy atom. The van der Waals surface area contributed by atoms with Crippen LogP contribution in [-0.2, 0) is 6.42 Å². The lowest BCUT2D eigenvalue weighted by Gasteiger charge is -2.37. The number of methoxy groups -OCH3 is 1. The van der Waals surface area contributed by atoms with E-state index in [1.54, 1.807) is 7.11 Å². The largest absolute Gasteiger partial charge is 0.496 e. The van der Waals surface area contributed by atoms with Gasteiger partial charge in [-0.05, 0) is 36.8 Å². The maximum absolute atomic E-state index is 6.33. The van der Waals surface area contributed by atoms with Crippen molar-refractivity contribution in [1.82, 2.24) is 0 Å². The van der Waals surface area contributed by atoms with Gasteiger partial charge < -0.3 is 16.2 Å². The number of aryl methyl sites for hydroxylation is 1. The molecule has 17 heavy (non-hydrogen) atoms. The summed E-state index contributed by atoms with van der Waals surface area (Å²) < 4.78 is 5.40. The zero-order valence-corrected chi connectivity index (χ0v) is 10.6. The van der Waals surface area contributed by atoms with Gasteiger partial charge in [0.15, 0.2) is 0 Å². The van der Waals surface area contributed by atoms with E-state index in [0.29, 0.717) is 12.0 Å². The molecule has 2 rings (SSSR count). The Kier molecular flexibility index (Phi) is 3.69. The molecule has 1 aliphatic rings. The summed E-state index contributed by atoms with van der Waals surface area (Å²) in [5, 5.41) is 0. The number of rotatable bonds is 4. The van der Waals surface area contributed by atoms with Crippen molar-refractivity contribution >= 4 is 0 Å². The molecule has 1 aromatic rings. The highest BCUT2D eigenvalue weighted by Gasteiger charge is 2.32. The molecule has 0 spiro atoms. The van der Waals surface area contributed by atoms with Gasteiger partial charge in [0, 0.05) is 17.6 Å². The van der Waals surface area contributed by atoms with Gasteiger partial charge in [0.05, 0.1) is 7.11 Å². The Bertz CT molecular complexity index is 386. The highest BCUT2D eigenvalue weighted by molar-refractivity contribution is 5.40. The van der Waals surface area contributed by atoms with Gasteiger partial charge in [-0.1, -0.05) is 19.1 Å². The second kappa shape index (κ2) is 5.07. The van der Waals surface area contributed by atoms with Gasteiger partial charge in [0.1, 0.15) is 5.75 Å². The van der Waals surface area contributed by atoms with Crippen LogP contribution in [0.2, 0.25) is 0 Å². The van der Waals surface area contributed by atoms with E-state index < -0.39 is 0 Å². The van der Waals surface area contributed by atoms with Gasteiger partial charge >= 0.3 is 0 Å². The topological polar surface area (TPSA) is 61.3 Å². The number of benzene rings is 1. The highest BCUT2D eigenvalue weighted by atomic mass is 16.5. The first-order valence-corrected chi connectivity index (χ1v) is 6.33. The van der Waals surface area contributed by atoms with Crippen LogP contribution in [0.5, 0.6) is 5.75 Å². The molecule has 1 fully saturated rings. The van der Waals surface area contributed by atoms with Crippen LogP contribution in [0.1, 0.15) is 36.9 Å². The van der Waals surface area contributed by atoms with Crippen LogP contribution < -0.4 is 16.2 Å². The van der Waals surface area contributed by atoms with Crippen molar-refractivity contribution in [2.75, 3.05) is 7.11 Å². The van der Waals surface area contributed by atoms with Crippen LogP contribution >= 0.6 is 0 Å². The summed E-state index contributed by atoms with van der Waals surface area (Å²) in [5.41, 5.74) is 14.6. The molecule has 1 aliphatic carbocycles. The molecule has 0 radical (unpaired) electrons. The smallest absolute Gasteiger partial charge is 0.123 e. The van der Waals surface area contributed by atoms with Crippen molar-refractivity contribution in [3.8, 4) is 5.75 Å². The SMILES string of the molecule is CCc1ccc(OC)c(C(N)C2CC(N)C2)c1. The Balaban J connectivity index is 2.22.